The van der Waals surface area contributed by atoms with Gasteiger partial charge in [0.05, 0.1) is 37.2 Å². The third-order valence-electron chi connectivity index (χ3n) is 21.1. The van der Waals surface area contributed by atoms with E-state index in [0.717, 1.165) is 30.4 Å². The van der Waals surface area contributed by atoms with Gasteiger partial charge in [0.1, 0.15) is 72.6 Å². The molecule has 22 atom stereocenters. The molecule has 0 aromatic heterocycles. The summed E-state index contributed by atoms with van der Waals surface area (Å²) in [6.07, 6.45) is -12.2. The lowest BCUT2D eigenvalue weighted by molar-refractivity contribution is -0.168. The van der Waals surface area contributed by atoms with Crippen molar-refractivity contribution < 1.29 is 117 Å². The number of nitrogens with two attached hydrogens (primary N) is 4. The molecule has 2 fully saturated rings. The highest BCUT2D eigenvalue weighted by atomic mass is 16.5. The van der Waals surface area contributed by atoms with E-state index < -0.39 is 266 Å². The first-order chi connectivity index (χ1) is 52.3. The SMILES string of the molecule is CC[C@@H](C)C[C@@H](C)[C@@H](O)[C@@H](C)C(=O)N[C@H](CCCN)C(=O)N[C@@H](CCC(=O)O)[C@@H](O)[C@@H](O)C(=O)N[C@H](C(=O)N[C@H]1C(=O)N[C@H](CO)C(=O)N[C@H](CCCN)C(=O)N[C@@H](CC(C)C)C(=O)N(C)[C@@H](CCC(N)=O)C(=O)N[C@@H]([C@@H](C)OC)C(=O)N[C@H](CC(=O)O)C(=O)N2CCCC[C@H]2C(=O)O[C@@H]1[C@H](C)C(C)C)[C@@H](C)[C@@H](C)C(N)=O. The number of nitrogens with zero attached hydrogens (tertiary/aromatic N) is 2. The second-order valence-corrected chi connectivity index (χ2v) is 30.5. The Morgan fingerprint density at radius 1 is 0.643 bits per heavy atom. The molecule has 23 N–H and O–H groups in total. The van der Waals surface area contributed by atoms with Crippen LogP contribution < -0.4 is 70.8 Å². The zero-order valence-corrected chi connectivity index (χ0v) is 67.0. The molecule has 0 aliphatic carbocycles. The average Bonchev–Trinajstić information content (AvgIpc) is 0.850. The number of rotatable bonds is 39. The highest BCUT2D eigenvalue weighted by Gasteiger charge is 2.48. The fourth-order valence-electron chi connectivity index (χ4n) is 13.1. The number of carboxylic acids is 2. The molecule has 39 heteroatoms. The van der Waals surface area contributed by atoms with Gasteiger partial charge in [-0.15, -0.1) is 0 Å². The van der Waals surface area contributed by atoms with Gasteiger partial charge in [-0.3, -0.25) is 71.9 Å². The summed E-state index contributed by atoms with van der Waals surface area (Å²) in [4.78, 5) is 229. The third-order valence-corrected chi connectivity index (χ3v) is 21.1. The molecule has 39 nitrogen and oxygen atoms in total. The van der Waals surface area contributed by atoms with Crippen LogP contribution in [0.15, 0.2) is 0 Å². The first-order valence-electron chi connectivity index (χ1n) is 38.5. The molecule has 2 heterocycles. The van der Waals surface area contributed by atoms with Crippen LogP contribution in [0, 0.1) is 47.3 Å². The number of hydrogen-bond acceptors (Lipinski definition) is 24. The number of hydrogen-bond donors (Lipinski definition) is 19. The standard InChI is InChI=1S/C73H127N15O24/c1-15-36(6)31-37(7)57(95)41(11)62(99)79-44(20-18-27-74)63(100)78-43(23-26-52(91)92)58(96)59(97)70(107)84-54(39(9)40(10)61(77)98)67(104)86-56-60(38(8)35(4)5)112-73(110)50-22-16-17-29-88(50)72(109)47(32-53(93)94)82-68(105)55(42(12)111-14)85-66(103)49(24-25-51(76)90)87(13)71(108)46(30-34(2)3)81-64(101)45(21-19-28-75)80-65(102)48(33-89)83-69(56)106/h34-50,54-60,89,95-97H,15-33,74-75H2,1-14H3,(H2,76,90)(H2,77,98)(H,78,100)(H,79,99)(H,80,102)(H,81,101)(H,82,105)(H,83,106)(H,84,107)(H,85,103)(H,86,104)(H,91,92)(H,93,94)/t36-,37-,38-,39+,40-,41-,42-,43+,44-,45-,46+,47-,48-,49+,50+,54+,55+,56-,57-,58-,59-,60-/m1/s1. The summed E-state index contributed by atoms with van der Waals surface area (Å²) in [6, 6.07) is -20.3. The number of carboxylic acid groups (broad SMARTS) is 2. The molecule has 13 amide bonds. The van der Waals surface area contributed by atoms with E-state index in [9.17, 15) is 88.2 Å². The lowest BCUT2D eigenvalue weighted by Crippen LogP contribution is -2.65. The van der Waals surface area contributed by atoms with Crippen molar-refractivity contribution in [3.8, 4) is 0 Å². The molecule has 2 rings (SSSR count). The van der Waals surface area contributed by atoms with Gasteiger partial charge in [0.15, 0.2) is 6.10 Å². The molecule has 0 spiro atoms. The van der Waals surface area contributed by atoms with Crippen molar-refractivity contribution in [1.82, 2.24) is 57.7 Å². The molecule has 0 aromatic carbocycles. The van der Waals surface area contributed by atoms with E-state index in [2.05, 4.69) is 47.9 Å². The minimum absolute atomic E-state index is 0.0138. The van der Waals surface area contributed by atoms with E-state index in [0.29, 0.717) is 6.42 Å². The third kappa shape index (κ3) is 30.6. The highest BCUT2D eigenvalue weighted by molar-refractivity contribution is 6.00. The number of amides is 13. The Kier molecular flexibility index (Phi) is 42.9. The minimum Gasteiger partial charge on any atom is -0.481 e. The van der Waals surface area contributed by atoms with Crippen LogP contribution in [0.4, 0.5) is 0 Å². The number of esters is 1. The smallest absolute Gasteiger partial charge is 0.329 e. The second kappa shape index (κ2) is 48.3. The fourth-order valence-corrected chi connectivity index (χ4v) is 13.1. The summed E-state index contributed by atoms with van der Waals surface area (Å²) in [7, 11) is 2.31. The van der Waals surface area contributed by atoms with Gasteiger partial charge in [-0.1, -0.05) is 82.6 Å². The predicted octanol–water partition coefficient (Wildman–Crippen LogP) is -4.52. The first-order valence-corrected chi connectivity index (χ1v) is 38.5. The lowest BCUT2D eigenvalue weighted by Gasteiger charge is -2.39. The molecule has 2 saturated heterocycles. The van der Waals surface area contributed by atoms with Crippen molar-refractivity contribution in [2.24, 2.45) is 70.3 Å². The zero-order valence-electron chi connectivity index (χ0n) is 67.0. The largest absolute Gasteiger partial charge is 0.481 e. The first kappa shape index (κ1) is 99.3. The van der Waals surface area contributed by atoms with Gasteiger partial charge >= 0.3 is 17.9 Å². The van der Waals surface area contributed by atoms with Gasteiger partial charge in [-0.25, -0.2) is 4.79 Å². The van der Waals surface area contributed by atoms with Crippen LogP contribution in [0.3, 0.4) is 0 Å². The second-order valence-electron chi connectivity index (χ2n) is 30.5. The van der Waals surface area contributed by atoms with E-state index in [1.165, 1.54) is 34.6 Å². The van der Waals surface area contributed by atoms with Crippen molar-refractivity contribution in [2.75, 3.05) is 40.4 Å². The maximum Gasteiger partial charge on any atom is 0.329 e. The number of aliphatic hydroxyl groups excluding tert-OH is 4. The van der Waals surface area contributed by atoms with Gasteiger partial charge in [0.2, 0.25) is 70.9 Å². The Morgan fingerprint density at radius 3 is 1.79 bits per heavy atom. The van der Waals surface area contributed by atoms with Gasteiger partial charge in [0, 0.05) is 39.5 Å². The molecular weight excluding hydrogens is 1470 g/mol. The van der Waals surface area contributed by atoms with Gasteiger partial charge in [0.25, 0.3) is 5.91 Å². The van der Waals surface area contributed by atoms with E-state index in [1.807, 2.05) is 13.8 Å². The number of aliphatic carboxylic acids is 2. The predicted molar refractivity (Wildman–Crippen MR) is 402 cm³/mol. The number of piperidine rings is 1. The monoisotopic (exact) mass is 1600 g/mol. The summed E-state index contributed by atoms with van der Waals surface area (Å²) in [5.41, 5.74) is 23.0. The molecule has 112 heavy (non-hydrogen) atoms. The van der Waals surface area contributed by atoms with Gasteiger partial charge in [-0.2, -0.15) is 0 Å². The number of aliphatic hydroxyl groups is 4. The van der Waals surface area contributed by atoms with Gasteiger partial charge < -0.3 is 121 Å². The molecule has 0 saturated carbocycles. The highest BCUT2D eigenvalue weighted by Crippen LogP contribution is 2.28. The van der Waals surface area contributed by atoms with Crippen molar-refractivity contribution >= 4 is 94.7 Å². The van der Waals surface area contributed by atoms with E-state index >= 15 is 19.2 Å². The van der Waals surface area contributed by atoms with Crippen LogP contribution in [0.1, 0.15) is 179 Å². The number of fused-ring (bicyclic) bond motifs is 1. The molecule has 2 aliphatic rings. The Bertz CT molecular complexity index is 3200. The molecule has 0 radical (unpaired) electrons. The fraction of sp³-hybridized carbons (Fsp3) is 0.781. The quantitative estimate of drug-likeness (QED) is 0.0258. The average molecular weight is 1600 g/mol. The Labute approximate surface area is 653 Å². The van der Waals surface area contributed by atoms with Crippen molar-refractivity contribution in [3.05, 3.63) is 0 Å². The zero-order chi connectivity index (χ0) is 85.5. The minimum atomic E-state index is -2.73. The van der Waals surface area contributed by atoms with Crippen LogP contribution in [0.2, 0.25) is 0 Å². The van der Waals surface area contributed by atoms with Crippen molar-refractivity contribution in [2.45, 2.75) is 276 Å². The lowest BCUT2D eigenvalue weighted by atomic mass is 9.85. The number of carbonyl (C=O) groups excluding carboxylic acids is 14. The number of methoxy groups -OCH3 is 1. The van der Waals surface area contributed by atoms with Crippen LogP contribution in [0.5, 0.6) is 0 Å². The molecule has 638 valence electrons. The van der Waals surface area contributed by atoms with Crippen LogP contribution >= 0.6 is 0 Å². The Balaban J connectivity index is 3.12. The summed E-state index contributed by atoms with van der Waals surface area (Å²) in [5, 5.41) is 87.8. The molecule has 0 unspecified atom stereocenters. The number of primary amides is 2. The summed E-state index contributed by atoms with van der Waals surface area (Å²) in [5.74, 6) is -25.9. The maximum absolute atomic E-state index is 15.5. The van der Waals surface area contributed by atoms with Gasteiger partial charge in [-0.05, 0) is 126 Å². The summed E-state index contributed by atoms with van der Waals surface area (Å²) in [6.45, 7) is 17.3. The molecule has 0 bridgehead atoms. The van der Waals surface area contributed by atoms with Crippen molar-refractivity contribution in [1.29, 1.82) is 0 Å². The van der Waals surface area contributed by atoms with Crippen LogP contribution in [-0.2, 0) is 86.2 Å². The Morgan fingerprint density at radius 2 is 1.24 bits per heavy atom. The number of nitrogens with one attached hydrogen (secondary N) is 9. The molecule has 0 aromatic rings. The van der Waals surface area contributed by atoms with E-state index in [1.54, 1.807) is 34.6 Å². The maximum atomic E-state index is 15.5. The summed E-state index contributed by atoms with van der Waals surface area (Å²) >= 11 is 0. The molecule has 2 aliphatic heterocycles. The summed E-state index contributed by atoms with van der Waals surface area (Å²) < 4.78 is 11.7. The Hall–Kier alpha value is -8.76. The normalized spacial score (nSPS) is 24.5. The number of cyclic esters (lactones) is 1. The number of carbonyl (C=O) groups is 16. The topological polar surface area (TPSA) is 632 Å². The van der Waals surface area contributed by atoms with Crippen molar-refractivity contribution in [3.63, 3.8) is 0 Å². The van der Waals surface area contributed by atoms with E-state index in [-0.39, 0.29) is 82.8 Å². The van der Waals surface area contributed by atoms with E-state index in [4.69, 9.17) is 32.4 Å². The number of ether oxygens (including phenoxy) is 2. The number of likely N-dealkylation sites (N-methyl/N-ethyl adjacent to an activating group) is 1. The molecular formula is C73H127N15O24. The van der Waals surface area contributed by atoms with Crippen LogP contribution in [-0.4, -0.2) is 273 Å². The van der Waals surface area contributed by atoms with Crippen LogP contribution in [0.25, 0.3) is 0 Å².